The van der Waals surface area contributed by atoms with Gasteiger partial charge in [-0.1, -0.05) is 75.2 Å². The van der Waals surface area contributed by atoms with Gasteiger partial charge in [0.2, 0.25) is 0 Å². The molecule has 0 radical (unpaired) electrons. The smallest absolute Gasteiger partial charge is 0.119 e. The van der Waals surface area contributed by atoms with E-state index < -0.39 is 0 Å². The molecule has 2 aromatic rings. The fourth-order valence-electron chi connectivity index (χ4n) is 2.41. The number of unbranched alkanes of at least 4 members (excludes halogenated alkanes) is 2. The van der Waals surface area contributed by atoms with Crippen molar-refractivity contribution in [2.75, 3.05) is 0 Å². The van der Waals surface area contributed by atoms with Gasteiger partial charge in [-0.2, -0.15) is 0 Å². The Morgan fingerprint density at radius 2 is 1.52 bits per heavy atom. The first-order chi connectivity index (χ1) is 11.3. The third kappa shape index (κ3) is 6.32. The molecule has 0 bridgehead atoms. The molecular weight excluding hydrogens is 280 g/mol. The highest BCUT2D eigenvalue weighted by atomic mass is 16.5. The van der Waals surface area contributed by atoms with Crippen LogP contribution in [0.1, 0.15) is 56.2 Å². The van der Waals surface area contributed by atoms with E-state index in [9.17, 15) is 0 Å². The summed E-state index contributed by atoms with van der Waals surface area (Å²) in [5.74, 6) is 0.924. The van der Waals surface area contributed by atoms with Crippen LogP contribution in [0.15, 0.2) is 54.6 Å². The predicted octanol–water partition coefficient (Wildman–Crippen LogP) is 6.42. The SMILES string of the molecule is CCC/C=C/c1ccc(OCc2ccc(CCCC)cc2)cc1. The zero-order valence-electron chi connectivity index (χ0n) is 14.4. The fraction of sp³-hybridized carbons (Fsp3) is 0.364. The van der Waals surface area contributed by atoms with Crippen molar-refractivity contribution in [3.63, 3.8) is 0 Å². The molecule has 122 valence electrons. The van der Waals surface area contributed by atoms with Crippen LogP contribution in [-0.2, 0) is 13.0 Å². The Kier molecular flexibility index (Phi) is 7.45. The number of hydrogen-bond donors (Lipinski definition) is 0. The molecule has 0 amide bonds. The highest BCUT2D eigenvalue weighted by Gasteiger charge is 1.98. The van der Waals surface area contributed by atoms with Crippen LogP contribution in [-0.4, -0.2) is 0 Å². The summed E-state index contributed by atoms with van der Waals surface area (Å²) in [7, 11) is 0. The Bertz CT molecular complexity index is 578. The summed E-state index contributed by atoms with van der Waals surface area (Å²) in [4.78, 5) is 0. The van der Waals surface area contributed by atoms with Gasteiger partial charge in [0.25, 0.3) is 0 Å². The maximum Gasteiger partial charge on any atom is 0.119 e. The number of hydrogen-bond acceptors (Lipinski definition) is 1. The summed E-state index contributed by atoms with van der Waals surface area (Å²) in [6.45, 7) is 5.05. The van der Waals surface area contributed by atoms with Crippen LogP contribution in [0.5, 0.6) is 5.75 Å². The Labute approximate surface area is 141 Å². The monoisotopic (exact) mass is 308 g/mol. The van der Waals surface area contributed by atoms with Crippen LogP contribution in [0.3, 0.4) is 0 Å². The lowest BCUT2D eigenvalue weighted by atomic mass is 10.1. The number of aryl methyl sites for hydroxylation is 1. The molecule has 0 atom stereocenters. The number of benzene rings is 2. The van der Waals surface area contributed by atoms with Crippen molar-refractivity contribution >= 4 is 6.08 Å². The quantitative estimate of drug-likeness (QED) is 0.519. The second kappa shape index (κ2) is 9.89. The molecule has 0 aliphatic carbocycles. The van der Waals surface area contributed by atoms with Crippen molar-refractivity contribution in [2.24, 2.45) is 0 Å². The van der Waals surface area contributed by atoms with Gasteiger partial charge in [0.1, 0.15) is 12.4 Å². The Morgan fingerprint density at radius 1 is 0.826 bits per heavy atom. The lowest BCUT2D eigenvalue weighted by Crippen LogP contribution is -1.96. The van der Waals surface area contributed by atoms with Crippen molar-refractivity contribution in [3.05, 3.63) is 71.3 Å². The zero-order chi connectivity index (χ0) is 16.3. The maximum absolute atomic E-state index is 5.87. The van der Waals surface area contributed by atoms with Gasteiger partial charge in [-0.15, -0.1) is 0 Å². The third-order valence-electron chi connectivity index (χ3n) is 3.89. The normalized spacial score (nSPS) is 11.0. The first-order valence-electron chi connectivity index (χ1n) is 8.79. The molecule has 0 spiro atoms. The maximum atomic E-state index is 5.87. The Morgan fingerprint density at radius 3 is 2.17 bits per heavy atom. The highest BCUT2D eigenvalue weighted by Crippen LogP contribution is 2.16. The first-order valence-corrected chi connectivity index (χ1v) is 8.79. The minimum absolute atomic E-state index is 0.624. The minimum atomic E-state index is 0.624. The summed E-state index contributed by atoms with van der Waals surface area (Å²) < 4.78 is 5.87. The summed E-state index contributed by atoms with van der Waals surface area (Å²) in [5.41, 5.74) is 3.86. The number of allylic oxidation sites excluding steroid dienone is 1. The lowest BCUT2D eigenvalue weighted by molar-refractivity contribution is 0.306. The first kappa shape index (κ1) is 17.3. The Balaban J connectivity index is 1.83. The van der Waals surface area contributed by atoms with E-state index in [1.54, 1.807) is 0 Å². The highest BCUT2D eigenvalue weighted by molar-refractivity contribution is 5.50. The molecule has 0 N–H and O–H groups in total. The topological polar surface area (TPSA) is 9.23 Å². The zero-order valence-corrected chi connectivity index (χ0v) is 14.4. The van der Waals surface area contributed by atoms with Crippen molar-refractivity contribution < 1.29 is 4.74 Å². The van der Waals surface area contributed by atoms with Gasteiger partial charge < -0.3 is 4.74 Å². The molecule has 1 nitrogen and oxygen atoms in total. The van der Waals surface area contributed by atoms with Crippen LogP contribution in [0.4, 0.5) is 0 Å². The van der Waals surface area contributed by atoms with Gasteiger partial charge in [-0.3, -0.25) is 0 Å². The van der Waals surface area contributed by atoms with Crippen LogP contribution in [0.2, 0.25) is 0 Å². The van der Waals surface area contributed by atoms with Gasteiger partial charge in [0.05, 0.1) is 0 Å². The van der Waals surface area contributed by atoms with Crippen molar-refractivity contribution in [3.8, 4) is 5.75 Å². The van der Waals surface area contributed by atoms with Crippen molar-refractivity contribution in [2.45, 2.75) is 52.6 Å². The van der Waals surface area contributed by atoms with E-state index in [1.807, 2.05) is 12.1 Å². The van der Waals surface area contributed by atoms with Gasteiger partial charge in [-0.25, -0.2) is 0 Å². The second-order valence-electron chi connectivity index (χ2n) is 5.97. The van der Waals surface area contributed by atoms with E-state index in [0.29, 0.717) is 6.61 Å². The molecule has 0 fully saturated rings. The predicted molar refractivity (Wildman–Crippen MR) is 99.8 cm³/mol. The molecule has 0 aliphatic heterocycles. The van der Waals surface area contributed by atoms with Crippen LogP contribution >= 0.6 is 0 Å². The van der Waals surface area contributed by atoms with Crippen LogP contribution < -0.4 is 4.74 Å². The summed E-state index contributed by atoms with van der Waals surface area (Å²) in [6, 6.07) is 17.1. The molecule has 0 aliphatic rings. The minimum Gasteiger partial charge on any atom is -0.489 e. The largest absolute Gasteiger partial charge is 0.489 e. The van der Waals surface area contributed by atoms with E-state index in [0.717, 1.165) is 12.2 Å². The molecular formula is C22H28O. The molecule has 0 saturated carbocycles. The molecule has 0 unspecified atom stereocenters. The molecule has 2 aromatic carbocycles. The molecule has 23 heavy (non-hydrogen) atoms. The average molecular weight is 308 g/mol. The number of rotatable bonds is 9. The van der Waals surface area contributed by atoms with E-state index in [-0.39, 0.29) is 0 Å². The van der Waals surface area contributed by atoms with Gasteiger partial charge in [-0.05, 0) is 48.1 Å². The van der Waals surface area contributed by atoms with Gasteiger partial charge in [0, 0.05) is 0 Å². The fourth-order valence-corrected chi connectivity index (χ4v) is 2.41. The molecule has 1 heteroatoms. The molecule has 0 saturated heterocycles. The third-order valence-corrected chi connectivity index (χ3v) is 3.89. The molecule has 2 rings (SSSR count). The van der Waals surface area contributed by atoms with E-state index in [1.165, 1.54) is 42.4 Å². The lowest BCUT2D eigenvalue weighted by Gasteiger charge is -2.07. The van der Waals surface area contributed by atoms with Crippen molar-refractivity contribution in [1.82, 2.24) is 0 Å². The van der Waals surface area contributed by atoms with E-state index >= 15 is 0 Å². The summed E-state index contributed by atoms with van der Waals surface area (Å²) >= 11 is 0. The van der Waals surface area contributed by atoms with Gasteiger partial charge in [0.15, 0.2) is 0 Å². The van der Waals surface area contributed by atoms with E-state index in [2.05, 4.69) is 62.4 Å². The van der Waals surface area contributed by atoms with Crippen molar-refractivity contribution in [1.29, 1.82) is 0 Å². The Hall–Kier alpha value is -2.02. The second-order valence-corrected chi connectivity index (χ2v) is 5.97. The van der Waals surface area contributed by atoms with Gasteiger partial charge >= 0.3 is 0 Å². The standard InChI is InChI=1S/C22H28O/c1-3-5-7-9-20-14-16-22(17-15-20)23-18-21-12-10-19(11-13-21)8-6-4-2/h7,9-17H,3-6,8,18H2,1-2H3/b9-7+. The average Bonchev–Trinajstić information content (AvgIpc) is 2.60. The number of ether oxygens (including phenoxy) is 1. The summed E-state index contributed by atoms with van der Waals surface area (Å²) in [5, 5.41) is 0. The van der Waals surface area contributed by atoms with Crippen LogP contribution in [0.25, 0.3) is 6.08 Å². The van der Waals surface area contributed by atoms with E-state index in [4.69, 9.17) is 4.74 Å². The molecule has 0 aromatic heterocycles. The molecule has 0 heterocycles. The van der Waals surface area contributed by atoms with Crippen LogP contribution in [0, 0.1) is 0 Å². The summed E-state index contributed by atoms with van der Waals surface area (Å²) in [6.07, 6.45) is 10.4.